The molecule has 1 N–H and O–H groups in total. The van der Waals surface area contributed by atoms with Crippen molar-refractivity contribution < 1.29 is 23.0 Å². The number of amides is 1. The van der Waals surface area contributed by atoms with Crippen LogP contribution in [0.25, 0.3) is 11.0 Å². The Balaban J connectivity index is 1.45. The van der Waals surface area contributed by atoms with Crippen molar-refractivity contribution in [1.82, 2.24) is 9.55 Å². The summed E-state index contributed by atoms with van der Waals surface area (Å²) in [5.41, 5.74) is 2.25. The molecule has 6 nitrogen and oxygen atoms in total. The van der Waals surface area contributed by atoms with E-state index in [9.17, 15) is 13.6 Å². The van der Waals surface area contributed by atoms with Crippen molar-refractivity contribution in [3.8, 4) is 0 Å². The average molecular weight is 458 g/mol. The van der Waals surface area contributed by atoms with Gasteiger partial charge in [0.1, 0.15) is 6.04 Å². The molecule has 1 aromatic heterocycles. The molecule has 0 aliphatic carbocycles. The van der Waals surface area contributed by atoms with Crippen molar-refractivity contribution in [2.75, 3.05) is 18.5 Å². The summed E-state index contributed by atoms with van der Waals surface area (Å²) in [5.74, 6) is -2.31. The summed E-state index contributed by atoms with van der Waals surface area (Å²) in [7, 11) is 0. The zero-order valence-electron chi connectivity index (χ0n) is 18.9. The van der Waals surface area contributed by atoms with Crippen LogP contribution in [0.3, 0.4) is 0 Å². The predicted molar refractivity (Wildman–Crippen MR) is 122 cm³/mol. The van der Waals surface area contributed by atoms with E-state index >= 15 is 0 Å². The van der Waals surface area contributed by atoms with E-state index in [1.54, 1.807) is 4.57 Å². The van der Waals surface area contributed by atoms with Gasteiger partial charge in [-0.05, 0) is 42.9 Å². The topological polar surface area (TPSA) is 65.4 Å². The van der Waals surface area contributed by atoms with Gasteiger partial charge in [-0.15, -0.1) is 0 Å². The van der Waals surface area contributed by atoms with Crippen molar-refractivity contribution >= 4 is 22.6 Å². The smallest absolute Gasteiger partial charge is 0.247 e. The van der Waals surface area contributed by atoms with E-state index in [0.29, 0.717) is 29.9 Å². The predicted octanol–water partition coefficient (Wildman–Crippen LogP) is 5.24. The second kappa shape index (κ2) is 10.4. The molecule has 2 unspecified atom stereocenters. The molecule has 1 saturated heterocycles. The monoisotopic (exact) mass is 457 g/mol. The SMILES string of the molecule is CC(C)C(C(=O)Nc1cccc(COCC2CCCCO2)c1)n1cnc2cc(F)c(F)cc21. The van der Waals surface area contributed by atoms with Crippen LogP contribution in [-0.4, -0.2) is 34.8 Å². The number of ether oxygens (including phenoxy) is 2. The molecule has 2 atom stereocenters. The van der Waals surface area contributed by atoms with Crippen LogP contribution in [0.2, 0.25) is 0 Å². The number of carbonyl (C=O) groups excluding carboxylic acids is 1. The van der Waals surface area contributed by atoms with Crippen LogP contribution in [0, 0.1) is 17.6 Å². The summed E-state index contributed by atoms with van der Waals surface area (Å²) in [6.45, 7) is 5.56. The number of fused-ring (bicyclic) bond motifs is 1. The van der Waals surface area contributed by atoms with Crippen LogP contribution >= 0.6 is 0 Å². The summed E-state index contributed by atoms with van der Waals surface area (Å²) < 4.78 is 40.5. The molecule has 0 saturated carbocycles. The van der Waals surface area contributed by atoms with Gasteiger partial charge in [-0.25, -0.2) is 13.8 Å². The van der Waals surface area contributed by atoms with E-state index in [-0.39, 0.29) is 17.9 Å². The van der Waals surface area contributed by atoms with E-state index in [1.807, 2.05) is 38.1 Å². The lowest BCUT2D eigenvalue weighted by atomic mass is 10.0. The molecule has 2 aromatic carbocycles. The Labute approximate surface area is 191 Å². The third-order valence-electron chi connectivity index (χ3n) is 5.86. The van der Waals surface area contributed by atoms with Crippen LogP contribution in [0.4, 0.5) is 14.5 Å². The molecule has 8 heteroatoms. The number of imidazole rings is 1. The first-order valence-corrected chi connectivity index (χ1v) is 11.3. The van der Waals surface area contributed by atoms with Crippen LogP contribution in [0.15, 0.2) is 42.7 Å². The number of nitrogens with one attached hydrogen (secondary N) is 1. The Morgan fingerprint density at radius 2 is 2.06 bits per heavy atom. The fraction of sp³-hybridized carbons (Fsp3) is 0.440. The summed E-state index contributed by atoms with van der Waals surface area (Å²) >= 11 is 0. The van der Waals surface area contributed by atoms with Gasteiger partial charge >= 0.3 is 0 Å². The van der Waals surface area contributed by atoms with E-state index < -0.39 is 17.7 Å². The van der Waals surface area contributed by atoms with Crippen LogP contribution in [0.5, 0.6) is 0 Å². The van der Waals surface area contributed by atoms with Crippen LogP contribution in [-0.2, 0) is 20.9 Å². The number of aromatic nitrogens is 2. The Hall–Kier alpha value is -2.84. The number of hydrogen-bond donors (Lipinski definition) is 1. The second-order valence-corrected chi connectivity index (χ2v) is 8.79. The first-order valence-electron chi connectivity index (χ1n) is 11.3. The lowest BCUT2D eigenvalue weighted by Crippen LogP contribution is -2.29. The largest absolute Gasteiger partial charge is 0.376 e. The van der Waals surface area contributed by atoms with E-state index in [4.69, 9.17) is 9.47 Å². The van der Waals surface area contributed by atoms with Crippen molar-refractivity contribution in [3.05, 3.63) is 59.9 Å². The van der Waals surface area contributed by atoms with Crippen molar-refractivity contribution in [1.29, 1.82) is 0 Å². The zero-order valence-corrected chi connectivity index (χ0v) is 18.9. The fourth-order valence-corrected chi connectivity index (χ4v) is 4.20. The highest BCUT2D eigenvalue weighted by Gasteiger charge is 2.26. The maximum atomic E-state index is 13.8. The molecule has 2 heterocycles. The lowest BCUT2D eigenvalue weighted by Gasteiger charge is -2.23. The Kier molecular flexibility index (Phi) is 7.35. The number of halogens is 2. The number of carbonyl (C=O) groups is 1. The molecule has 1 aliphatic heterocycles. The minimum Gasteiger partial charge on any atom is -0.376 e. The molecule has 4 rings (SSSR count). The third kappa shape index (κ3) is 5.57. The molecule has 0 radical (unpaired) electrons. The number of nitrogens with zero attached hydrogens (tertiary/aromatic N) is 2. The van der Waals surface area contributed by atoms with Gasteiger partial charge in [-0.2, -0.15) is 0 Å². The summed E-state index contributed by atoms with van der Waals surface area (Å²) in [5, 5.41) is 2.95. The van der Waals surface area contributed by atoms with Gasteiger partial charge < -0.3 is 19.4 Å². The normalized spacial score (nSPS) is 17.4. The molecular formula is C25H29F2N3O3. The number of anilines is 1. The number of rotatable bonds is 8. The molecule has 0 bridgehead atoms. The average Bonchev–Trinajstić information content (AvgIpc) is 3.17. The van der Waals surface area contributed by atoms with Gasteiger partial charge in [0.05, 0.1) is 36.7 Å². The molecule has 3 aromatic rings. The third-order valence-corrected chi connectivity index (χ3v) is 5.86. The van der Waals surface area contributed by atoms with Gasteiger partial charge in [0.25, 0.3) is 0 Å². The minimum absolute atomic E-state index is 0.113. The Morgan fingerprint density at radius 3 is 2.82 bits per heavy atom. The van der Waals surface area contributed by atoms with Crippen LogP contribution in [0.1, 0.15) is 44.7 Å². The second-order valence-electron chi connectivity index (χ2n) is 8.79. The quantitative estimate of drug-likeness (QED) is 0.503. The van der Waals surface area contributed by atoms with Crippen LogP contribution < -0.4 is 5.32 Å². The summed E-state index contributed by atoms with van der Waals surface area (Å²) in [6.07, 6.45) is 4.89. The highest BCUT2D eigenvalue weighted by molar-refractivity contribution is 5.95. The van der Waals surface area contributed by atoms with E-state index in [0.717, 1.165) is 37.1 Å². The number of benzene rings is 2. The van der Waals surface area contributed by atoms with Gasteiger partial charge in [-0.1, -0.05) is 26.0 Å². The molecule has 1 amide bonds. The Bertz CT molecular complexity index is 1110. The molecular weight excluding hydrogens is 428 g/mol. The van der Waals surface area contributed by atoms with Crippen molar-refractivity contribution in [2.24, 2.45) is 5.92 Å². The summed E-state index contributed by atoms with van der Waals surface area (Å²) in [4.78, 5) is 17.4. The van der Waals surface area contributed by atoms with E-state index in [2.05, 4.69) is 10.3 Å². The van der Waals surface area contributed by atoms with Gasteiger partial charge in [-0.3, -0.25) is 4.79 Å². The molecule has 1 aliphatic rings. The highest BCUT2D eigenvalue weighted by atomic mass is 19.2. The highest BCUT2D eigenvalue weighted by Crippen LogP contribution is 2.27. The first kappa shape index (κ1) is 23.3. The standard InChI is InChI=1S/C25H29F2N3O3/c1-16(2)24(30-15-28-22-11-20(26)21(27)12-23(22)30)25(31)29-18-7-5-6-17(10-18)13-32-14-19-8-3-4-9-33-19/h5-7,10-12,15-16,19,24H,3-4,8-9,13-14H2,1-2H3,(H,29,31). The van der Waals surface area contributed by atoms with Crippen molar-refractivity contribution in [2.45, 2.75) is 51.9 Å². The first-order chi connectivity index (χ1) is 15.9. The van der Waals surface area contributed by atoms with E-state index in [1.165, 1.54) is 12.7 Å². The Morgan fingerprint density at radius 1 is 1.24 bits per heavy atom. The molecule has 33 heavy (non-hydrogen) atoms. The van der Waals surface area contributed by atoms with Gasteiger partial charge in [0, 0.05) is 24.4 Å². The molecule has 1 fully saturated rings. The van der Waals surface area contributed by atoms with Gasteiger partial charge in [0.2, 0.25) is 5.91 Å². The van der Waals surface area contributed by atoms with Gasteiger partial charge in [0.15, 0.2) is 11.6 Å². The zero-order chi connectivity index (χ0) is 23.4. The minimum atomic E-state index is -0.974. The fourth-order valence-electron chi connectivity index (χ4n) is 4.20. The summed E-state index contributed by atoms with van der Waals surface area (Å²) in [6, 6.07) is 8.95. The maximum Gasteiger partial charge on any atom is 0.247 e. The number of hydrogen-bond acceptors (Lipinski definition) is 4. The van der Waals surface area contributed by atoms with Crippen molar-refractivity contribution in [3.63, 3.8) is 0 Å². The molecule has 176 valence electrons. The lowest BCUT2D eigenvalue weighted by molar-refractivity contribution is -0.120. The maximum absolute atomic E-state index is 13.8. The molecule has 0 spiro atoms.